The summed E-state index contributed by atoms with van der Waals surface area (Å²) in [6.45, 7) is 4.77. The van der Waals surface area contributed by atoms with E-state index in [-0.39, 0.29) is 5.41 Å². The van der Waals surface area contributed by atoms with Crippen LogP contribution in [0, 0.1) is 0 Å². The van der Waals surface area contributed by atoms with Crippen LogP contribution >= 0.6 is 0 Å². The molecule has 0 radical (unpaired) electrons. The fourth-order valence-electron chi connectivity index (χ4n) is 8.65. The molecule has 0 atom stereocenters. The van der Waals surface area contributed by atoms with E-state index < -0.39 is 0 Å². The molecule has 0 fully saturated rings. The Morgan fingerprint density at radius 3 is 1.47 bits per heavy atom. The summed E-state index contributed by atoms with van der Waals surface area (Å²) in [4.78, 5) is 0. The average molecular weight is 623 g/mol. The number of benzene rings is 9. The summed E-state index contributed by atoms with van der Waals surface area (Å²) in [7, 11) is 0. The largest absolute Gasteiger partial charge is 0.0616 e. The van der Waals surface area contributed by atoms with Crippen molar-refractivity contribution in [1.82, 2.24) is 0 Å². The normalized spacial score (nSPS) is 13.3. The zero-order chi connectivity index (χ0) is 32.7. The smallest absolute Gasteiger partial charge is 0.0159 e. The number of hydrogen-bond acceptors (Lipinski definition) is 0. The molecular weight excluding hydrogens is 589 g/mol. The molecule has 49 heavy (non-hydrogen) atoms. The van der Waals surface area contributed by atoms with Crippen LogP contribution in [0.15, 0.2) is 170 Å². The molecule has 0 N–H and O–H groups in total. The van der Waals surface area contributed by atoms with Crippen LogP contribution in [-0.2, 0) is 5.41 Å². The molecule has 0 aromatic heterocycles. The molecule has 1 aliphatic carbocycles. The summed E-state index contributed by atoms with van der Waals surface area (Å²) in [5, 5.41) is 10.3. The minimum atomic E-state index is -0.0989. The first-order chi connectivity index (χ1) is 24.1. The van der Waals surface area contributed by atoms with Crippen molar-refractivity contribution in [3.05, 3.63) is 181 Å². The summed E-state index contributed by atoms with van der Waals surface area (Å²) in [6, 6.07) is 63.2. The van der Waals surface area contributed by atoms with Gasteiger partial charge in [-0.25, -0.2) is 0 Å². The number of hydrogen-bond donors (Lipinski definition) is 0. The molecule has 1 aliphatic rings. The van der Waals surface area contributed by atoms with Gasteiger partial charge in [-0.1, -0.05) is 159 Å². The lowest BCUT2D eigenvalue weighted by atomic mass is 9.80. The molecule has 9 aromatic rings. The Hall–Kier alpha value is -5.98. The minimum absolute atomic E-state index is 0.0989. The van der Waals surface area contributed by atoms with Gasteiger partial charge in [0.2, 0.25) is 0 Å². The molecule has 0 saturated carbocycles. The highest BCUT2D eigenvalue weighted by Gasteiger charge is 2.36. The van der Waals surface area contributed by atoms with Gasteiger partial charge >= 0.3 is 0 Å². The van der Waals surface area contributed by atoms with Crippen LogP contribution in [0.2, 0.25) is 0 Å². The molecule has 10 rings (SSSR count). The quantitative estimate of drug-likeness (QED) is 0.172. The third kappa shape index (κ3) is 4.17. The van der Waals surface area contributed by atoms with E-state index in [4.69, 9.17) is 0 Å². The first kappa shape index (κ1) is 28.1. The van der Waals surface area contributed by atoms with E-state index in [2.05, 4.69) is 184 Å². The zero-order valence-electron chi connectivity index (χ0n) is 27.7. The molecule has 0 unspecified atom stereocenters. The Morgan fingerprint density at radius 2 is 0.796 bits per heavy atom. The van der Waals surface area contributed by atoms with E-state index in [1.165, 1.54) is 98.7 Å². The summed E-state index contributed by atoms with van der Waals surface area (Å²) >= 11 is 0. The van der Waals surface area contributed by atoms with Crippen molar-refractivity contribution >= 4 is 43.1 Å². The van der Waals surface area contributed by atoms with Crippen LogP contribution in [0.1, 0.15) is 25.0 Å². The Balaban J connectivity index is 1.20. The molecule has 230 valence electrons. The van der Waals surface area contributed by atoms with Crippen LogP contribution in [-0.4, -0.2) is 0 Å². The number of rotatable bonds is 3. The zero-order valence-corrected chi connectivity index (χ0v) is 27.7. The molecule has 0 spiro atoms. The van der Waals surface area contributed by atoms with E-state index in [9.17, 15) is 0 Å². The van der Waals surface area contributed by atoms with Crippen LogP contribution in [0.5, 0.6) is 0 Å². The maximum Gasteiger partial charge on any atom is 0.0159 e. The maximum atomic E-state index is 2.48. The van der Waals surface area contributed by atoms with Crippen molar-refractivity contribution in [2.75, 3.05) is 0 Å². The highest BCUT2D eigenvalue weighted by Crippen LogP contribution is 2.52. The van der Waals surface area contributed by atoms with Gasteiger partial charge in [-0.15, -0.1) is 0 Å². The van der Waals surface area contributed by atoms with Gasteiger partial charge in [0.15, 0.2) is 0 Å². The SMILES string of the molecule is CC1(C)c2cc(-c3c4ccccc4c(-c4cccc(-c5cccc6ccccc56)c4)c4ccccc34)ccc2-c2cc3ccccc3cc21. The lowest BCUT2D eigenvalue weighted by Gasteiger charge is -2.23. The van der Waals surface area contributed by atoms with E-state index in [0.29, 0.717) is 0 Å². The lowest BCUT2D eigenvalue weighted by Crippen LogP contribution is -2.15. The summed E-state index contributed by atoms with van der Waals surface area (Å²) in [5.74, 6) is 0. The highest BCUT2D eigenvalue weighted by atomic mass is 14.4. The molecule has 0 heteroatoms. The number of fused-ring (bicyclic) bond motifs is 7. The standard InChI is InChI=1S/C49H34/c1-49(2)45-30-36(25-26-39(45)44-28-32-14-3-4-15-33(32)29-46(44)49)48-42-22-9-7-20-40(42)47(41-21-8-10-23-43(41)48)35-18-11-17-34(27-35)38-24-12-16-31-13-5-6-19-37(31)38/h3-30H,1-2H3. The molecule has 0 heterocycles. The second kappa shape index (κ2) is 10.5. The van der Waals surface area contributed by atoms with Gasteiger partial charge in [0.1, 0.15) is 0 Å². The second-order valence-electron chi connectivity index (χ2n) is 14.1. The molecule has 0 aliphatic heterocycles. The van der Waals surface area contributed by atoms with Gasteiger partial charge < -0.3 is 0 Å². The highest BCUT2D eigenvalue weighted by molar-refractivity contribution is 6.21. The van der Waals surface area contributed by atoms with E-state index in [0.717, 1.165) is 0 Å². The first-order valence-corrected chi connectivity index (χ1v) is 17.3. The van der Waals surface area contributed by atoms with Crippen LogP contribution < -0.4 is 0 Å². The minimum Gasteiger partial charge on any atom is -0.0616 e. The fourth-order valence-corrected chi connectivity index (χ4v) is 8.65. The van der Waals surface area contributed by atoms with E-state index in [1.807, 2.05) is 0 Å². The summed E-state index contributed by atoms with van der Waals surface area (Å²) in [5.41, 5.74) is 13.0. The Morgan fingerprint density at radius 1 is 0.306 bits per heavy atom. The summed E-state index contributed by atoms with van der Waals surface area (Å²) < 4.78 is 0. The van der Waals surface area contributed by atoms with E-state index in [1.54, 1.807) is 0 Å². The predicted octanol–water partition coefficient (Wildman–Crippen LogP) is 13.6. The first-order valence-electron chi connectivity index (χ1n) is 17.3. The van der Waals surface area contributed by atoms with E-state index >= 15 is 0 Å². The molecular formula is C49H34. The molecule has 9 aromatic carbocycles. The molecule has 0 saturated heterocycles. The van der Waals surface area contributed by atoms with Crippen molar-refractivity contribution < 1.29 is 0 Å². The van der Waals surface area contributed by atoms with Gasteiger partial charge in [0.05, 0.1) is 0 Å². The topological polar surface area (TPSA) is 0 Å². The second-order valence-corrected chi connectivity index (χ2v) is 14.1. The van der Waals surface area contributed by atoms with Crippen LogP contribution in [0.25, 0.3) is 87.6 Å². The van der Waals surface area contributed by atoms with Crippen molar-refractivity contribution in [1.29, 1.82) is 0 Å². The van der Waals surface area contributed by atoms with Gasteiger partial charge in [-0.05, 0) is 123 Å². The molecule has 0 nitrogen and oxygen atoms in total. The van der Waals surface area contributed by atoms with Gasteiger partial charge in [0.25, 0.3) is 0 Å². The predicted molar refractivity (Wildman–Crippen MR) is 210 cm³/mol. The van der Waals surface area contributed by atoms with Gasteiger partial charge in [0, 0.05) is 5.41 Å². The third-order valence-corrected chi connectivity index (χ3v) is 11.0. The third-order valence-electron chi connectivity index (χ3n) is 11.0. The maximum absolute atomic E-state index is 2.48. The van der Waals surface area contributed by atoms with Crippen molar-refractivity contribution in [2.24, 2.45) is 0 Å². The van der Waals surface area contributed by atoms with Crippen molar-refractivity contribution in [3.63, 3.8) is 0 Å². The Kier molecular flexibility index (Phi) is 6.02. The average Bonchev–Trinajstić information content (AvgIpc) is 3.37. The van der Waals surface area contributed by atoms with Crippen molar-refractivity contribution in [2.45, 2.75) is 19.3 Å². The summed E-state index contributed by atoms with van der Waals surface area (Å²) in [6.07, 6.45) is 0. The monoisotopic (exact) mass is 622 g/mol. The molecule has 0 amide bonds. The molecule has 0 bridgehead atoms. The van der Waals surface area contributed by atoms with Gasteiger partial charge in [-0.2, -0.15) is 0 Å². The lowest BCUT2D eigenvalue weighted by molar-refractivity contribution is 0.661. The Labute approximate surface area is 286 Å². The van der Waals surface area contributed by atoms with Crippen LogP contribution in [0.4, 0.5) is 0 Å². The van der Waals surface area contributed by atoms with Crippen molar-refractivity contribution in [3.8, 4) is 44.5 Å². The van der Waals surface area contributed by atoms with Crippen LogP contribution in [0.3, 0.4) is 0 Å². The Bertz CT molecular complexity index is 2730. The van der Waals surface area contributed by atoms with Gasteiger partial charge in [-0.3, -0.25) is 0 Å². The fraction of sp³-hybridized carbons (Fsp3) is 0.0612.